The molecule has 0 unspecified atom stereocenters. The van der Waals surface area contributed by atoms with E-state index in [4.69, 9.17) is 5.02 Å². The van der Waals surface area contributed by atoms with Gasteiger partial charge in [0, 0.05) is 0 Å². The lowest BCUT2D eigenvalue weighted by Gasteiger charge is -2.10. The Hall–Kier alpha value is -3.57. The molecule has 0 aliphatic rings. The van der Waals surface area contributed by atoms with Gasteiger partial charge in [-0.25, -0.2) is 0 Å². The van der Waals surface area contributed by atoms with Gasteiger partial charge in [0.25, 0.3) is 0 Å². The summed E-state index contributed by atoms with van der Waals surface area (Å²) in [5, 5.41) is 31.1. The van der Waals surface area contributed by atoms with Crippen molar-refractivity contribution in [2.24, 2.45) is 0 Å². The van der Waals surface area contributed by atoms with E-state index in [2.05, 4.69) is 18.2 Å². The summed E-state index contributed by atoms with van der Waals surface area (Å²) >= 11 is 0. The van der Waals surface area contributed by atoms with Crippen LogP contribution in [0.4, 0.5) is 0 Å². The van der Waals surface area contributed by atoms with Gasteiger partial charge < -0.3 is 15.1 Å². The topological polar surface area (TPSA) is 60.7 Å². The Morgan fingerprint density at radius 3 is 1.49 bits per heavy atom. The van der Waals surface area contributed by atoms with E-state index in [1.165, 1.54) is 0 Å². The third kappa shape index (κ3) is 8.50. The van der Waals surface area contributed by atoms with E-state index >= 15 is 0 Å². The lowest BCUT2D eigenvalue weighted by atomic mass is 9.55. The van der Waals surface area contributed by atoms with Crippen LogP contribution < -0.4 is 21.9 Å². The summed E-state index contributed by atoms with van der Waals surface area (Å²) in [6.45, 7) is 2.53. The number of hydrogen-bond donors (Lipinski definition) is 3. The molecule has 184 valence electrons. The molecule has 5 rings (SSSR count). The zero-order valence-corrected chi connectivity index (χ0v) is 21.5. The van der Waals surface area contributed by atoms with Crippen molar-refractivity contribution >= 4 is 53.4 Å². The first-order valence-corrected chi connectivity index (χ1v) is 12.7. The highest BCUT2D eigenvalue weighted by atomic mass is 16.2. The van der Waals surface area contributed by atoms with Crippen LogP contribution in [0.2, 0.25) is 13.1 Å². The average molecular weight is 486 g/mol. The number of hydrogen-bond acceptors (Lipinski definition) is 3. The molecule has 0 radical (unpaired) electrons. The lowest BCUT2D eigenvalue weighted by Crippen LogP contribution is -2.42. The Bertz CT molecular complexity index is 1310. The molecule has 37 heavy (non-hydrogen) atoms. The van der Waals surface area contributed by atoms with Crippen LogP contribution in [-0.4, -0.2) is 35.8 Å². The standard InChI is InChI=1S/C16H13BO.C8H11BO.C7H9BO/c18-17(14-9-2-1-3-10-14)16-12-6-8-13-7-4-5-11-15(13)16;1-2-9(10)8-6-4-3-5-7-8;1-8(9)7-5-3-2-4-6-7/h1-12,18H;3-7,10H,2H2,1H3;2-6,9H,1H3. The van der Waals surface area contributed by atoms with Gasteiger partial charge >= 0.3 is 20.7 Å². The SMILES string of the molecule is CB(O)c1ccccc1.CCB(O)c1ccccc1.OB(c1ccccc1)c1cccc2ccccc12. The Kier molecular flexibility index (Phi) is 11.3. The fourth-order valence-electron chi connectivity index (χ4n) is 3.95. The molecule has 0 heterocycles. The normalized spacial score (nSPS) is 9.86. The van der Waals surface area contributed by atoms with E-state index in [-0.39, 0.29) is 13.8 Å². The highest BCUT2D eigenvalue weighted by Gasteiger charge is 2.18. The summed E-state index contributed by atoms with van der Waals surface area (Å²) in [6, 6.07) is 43.2. The molecule has 6 heteroatoms. The predicted molar refractivity (Wildman–Crippen MR) is 162 cm³/mol. The van der Waals surface area contributed by atoms with Gasteiger partial charge in [0.1, 0.15) is 0 Å². The minimum atomic E-state index is -0.572. The maximum Gasteiger partial charge on any atom is 0.359 e. The summed E-state index contributed by atoms with van der Waals surface area (Å²) in [4.78, 5) is 0. The first kappa shape index (κ1) is 28.0. The van der Waals surface area contributed by atoms with Gasteiger partial charge in [-0.3, -0.25) is 0 Å². The van der Waals surface area contributed by atoms with E-state index in [9.17, 15) is 10.0 Å². The van der Waals surface area contributed by atoms with Crippen molar-refractivity contribution in [1.29, 1.82) is 0 Å². The van der Waals surface area contributed by atoms with Crippen LogP contribution in [0.5, 0.6) is 0 Å². The first-order chi connectivity index (χ1) is 18.0. The molecule has 0 spiro atoms. The van der Waals surface area contributed by atoms with Gasteiger partial charge in [0.2, 0.25) is 0 Å². The Labute approximate surface area is 221 Å². The minimum Gasteiger partial charge on any atom is -0.447 e. The summed E-state index contributed by atoms with van der Waals surface area (Å²) in [5.74, 6) is 0. The average Bonchev–Trinajstić information content (AvgIpc) is 2.98. The van der Waals surface area contributed by atoms with Crippen LogP contribution in [0.1, 0.15) is 6.92 Å². The van der Waals surface area contributed by atoms with Gasteiger partial charge in [-0.05, 0) is 38.9 Å². The molecule has 0 amide bonds. The van der Waals surface area contributed by atoms with Crippen LogP contribution in [-0.2, 0) is 0 Å². The van der Waals surface area contributed by atoms with Crippen molar-refractivity contribution < 1.29 is 15.1 Å². The fourth-order valence-corrected chi connectivity index (χ4v) is 3.95. The lowest BCUT2D eigenvalue weighted by molar-refractivity contribution is 0.586. The van der Waals surface area contributed by atoms with Gasteiger partial charge in [-0.1, -0.05) is 147 Å². The maximum atomic E-state index is 10.5. The van der Waals surface area contributed by atoms with Gasteiger partial charge in [-0.2, -0.15) is 0 Å². The maximum absolute atomic E-state index is 10.5. The van der Waals surface area contributed by atoms with Crippen LogP contribution >= 0.6 is 0 Å². The monoisotopic (exact) mass is 486 g/mol. The highest BCUT2D eigenvalue weighted by Crippen LogP contribution is 2.11. The number of rotatable bonds is 5. The van der Waals surface area contributed by atoms with Crippen LogP contribution in [0, 0.1) is 0 Å². The first-order valence-electron chi connectivity index (χ1n) is 12.7. The largest absolute Gasteiger partial charge is 0.447 e. The van der Waals surface area contributed by atoms with Crippen molar-refractivity contribution in [3.8, 4) is 0 Å². The fraction of sp³-hybridized carbons (Fsp3) is 0.0968. The molecule has 0 aliphatic heterocycles. The van der Waals surface area contributed by atoms with E-state index in [0.29, 0.717) is 0 Å². The zero-order chi connectivity index (χ0) is 26.5. The van der Waals surface area contributed by atoms with Gasteiger partial charge in [0.05, 0.1) is 0 Å². The van der Waals surface area contributed by atoms with Gasteiger partial charge in [0.15, 0.2) is 0 Å². The predicted octanol–water partition coefficient (Wildman–Crippen LogP) is 3.34. The summed E-state index contributed by atoms with van der Waals surface area (Å²) < 4.78 is 0. The smallest absolute Gasteiger partial charge is 0.359 e. The van der Waals surface area contributed by atoms with Crippen molar-refractivity contribution in [3.05, 3.63) is 133 Å². The number of benzene rings is 5. The van der Waals surface area contributed by atoms with Crippen LogP contribution in [0.25, 0.3) is 10.8 Å². The third-order valence-corrected chi connectivity index (χ3v) is 6.09. The molecule has 3 nitrogen and oxygen atoms in total. The second-order valence-corrected chi connectivity index (χ2v) is 8.80. The van der Waals surface area contributed by atoms with Crippen LogP contribution in [0.3, 0.4) is 0 Å². The van der Waals surface area contributed by atoms with Gasteiger partial charge in [-0.15, -0.1) is 0 Å². The van der Waals surface area contributed by atoms with E-state index in [1.54, 1.807) is 6.82 Å². The molecular weight excluding hydrogens is 453 g/mol. The minimum absolute atomic E-state index is 0.291. The van der Waals surface area contributed by atoms with Crippen LogP contribution in [0.15, 0.2) is 133 Å². The molecule has 0 saturated heterocycles. The molecule has 0 aliphatic carbocycles. The Morgan fingerprint density at radius 1 is 0.514 bits per heavy atom. The molecule has 5 aromatic carbocycles. The second kappa shape index (κ2) is 14.9. The quantitative estimate of drug-likeness (QED) is 0.335. The van der Waals surface area contributed by atoms with E-state index < -0.39 is 6.92 Å². The summed E-state index contributed by atoms with van der Waals surface area (Å²) in [6.07, 6.45) is 0.782. The molecule has 3 N–H and O–H groups in total. The third-order valence-electron chi connectivity index (χ3n) is 6.09. The van der Waals surface area contributed by atoms with Crippen molar-refractivity contribution in [3.63, 3.8) is 0 Å². The summed E-state index contributed by atoms with van der Waals surface area (Å²) in [5.41, 5.74) is 3.86. The molecular formula is C31H33B3O3. The van der Waals surface area contributed by atoms with Crippen molar-refractivity contribution in [1.82, 2.24) is 0 Å². The molecule has 0 atom stereocenters. The molecule has 0 fully saturated rings. The molecule has 0 saturated carbocycles. The summed E-state index contributed by atoms with van der Waals surface area (Å²) in [7, 11) is 0. The number of fused-ring (bicyclic) bond motifs is 1. The molecule has 0 aromatic heterocycles. The van der Waals surface area contributed by atoms with Crippen molar-refractivity contribution in [2.75, 3.05) is 0 Å². The Balaban J connectivity index is 0.000000170. The van der Waals surface area contributed by atoms with E-state index in [1.807, 2.05) is 122 Å². The second-order valence-electron chi connectivity index (χ2n) is 8.80. The molecule has 5 aromatic rings. The van der Waals surface area contributed by atoms with Crippen molar-refractivity contribution in [2.45, 2.75) is 20.1 Å². The Morgan fingerprint density at radius 2 is 0.973 bits per heavy atom. The highest BCUT2D eigenvalue weighted by molar-refractivity contribution is 6.80. The molecule has 0 bridgehead atoms. The van der Waals surface area contributed by atoms with E-state index in [0.717, 1.165) is 38.9 Å². The zero-order valence-electron chi connectivity index (χ0n) is 21.5.